The quantitative estimate of drug-likeness (QED) is 0.625. The molecule has 6 nitrogen and oxygen atoms in total. The molecule has 1 N–H and O–H groups in total. The Balaban J connectivity index is 1.55. The summed E-state index contributed by atoms with van der Waals surface area (Å²) in [4.78, 5) is 12.1. The normalized spacial score (nSPS) is 12.7. The summed E-state index contributed by atoms with van der Waals surface area (Å²) in [7, 11) is 0. The predicted octanol–water partition coefficient (Wildman–Crippen LogP) is 4.60. The van der Waals surface area contributed by atoms with E-state index in [2.05, 4.69) is 48.4 Å². The van der Waals surface area contributed by atoms with Crippen molar-refractivity contribution in [2.45, 2.75) is 44.4 Å². The van der Waals surface area contributed by atoms with Crippen LogP contribution < -0.4 is 5.32 Å². The van der Waals surface area contributed by atoms with Gasteiger partial charge in [0.1, 0.15) is 5.76 Å². The molecular formula is C20H23N3O3S. The van der Waals surface area contributed by atoms with Gasteiger partial charge in [-0.15, -0.1) is 10.2 Å². The second-order valence-corrected chi connectivity index (χ2v) is 8.22. The monoisotopic (exact) mass is 385 g/mol. The van der Waals surface area contributed by atoms with E-state index in [1.54, 1.807) is 12.3 Å². The van der Waals surface area contributed by atoms with Crippen LogP contribution in [0, 0.1) is 0 Å². The van der Waals surface area contributed by atoms with Crippen LogP contribution in [-0.4, -0.2) is 21.9 Å². The average molecular weight is 385 g/mol. The third-order valence-corrected chi connectivity index (χ3v) is 4.90. The number of aromatic nitrogens is 2. The van der Waals surface area contributed by atoms with Crippen LogP contribution in [0.4, 0.5) is 0 Å². The zero-order valence-electron chi connectivity index (χ0n) is 15.9. The highest BCUT2D eigenvalue weighted by Gasteiger charge is 2.16. The van der Waals surface area contributed by atoms with Gasteiger partial charge in [0.25, 0.3) is 5.22 Å². The molecule has 2 aromatic heterocycles. The van der Waals surface area contributed by atoms with Crippen LogP contribution in [0.1, 0.15) is 45.1 Å². The summed E-state index contributed by atoms with van der Waals surface area (Å²) >= 11 is 1.21. The van der Waals surface area contributed by atoms with E-state index in [-0.39, 0.29) is 23.1 Å². The molecule has 3 aromatic rings. The van der Waals surface area contributed by atoms with Crippen LogP contribution in [0.3, 0.4) is 0 Å². The fourth-order valence-electron chi connectivity index (χ4n) is 2.52. The molecule has 0 saturated heterocycles. The number of nitrogens with zero attached hydrogens (tertiary/aromatic N) is 2. The van der Waals surface area contributed by atoms with E-state index < -0.39 is 0 Å². The topological polar surface area (TPSA) is 81.2 Å². The number of benzene rings is 1. The largest absolute Gasteiger partial charge is 0.467 e. The third-order valence-electron chi connectivity index (χ3n) is 4.08. The van der Waals surface area contributed by atoms with Crippen molar-refractivity contribution in [3.05, 3.63) is 54.0 Å². The van der Waals surface area contributed by atoms with Gasteiger partial charge in [0.15, 0.2) is 0 Å². The molecule has 0 radical (unpaired) electrons. The molecular weight excluding hydrogens is 362 g/mol. The number of amides is 1. The van der Waals surface area contributed by atoms with Crippen LogP contribution in [0.15, 0.2) is 56.7 Å². The van der Waals surface area contributed by atoms with Crippen molar-refractivity contribution >= 4 is 17.7 Å². The Morgan fingerprint density at radius 1 is 1.19 bits per heavy atom. The van der Waals surface area contributed by atoms with Crippen molar-refractivity contribution in [1.29, 1.82) is 0 Å². The number of carbonyl (C=O) groups excluding carboxylic acids is 1. The predicted molar refractivity (Wildman–Crippen MR) is 104 cm³/mol. The Labute approximate surface area is 162 Å². The van der Waals surface area contributed by atoms with Gasteiger partial charge in [-0.25, -0.2) is 0 Å². The maximum atomic E-state index is 12.1. The minimum Gasteiger partial charge on any atom is -0.467 e. The van der Waals surface area contributed by atoms with Gasteiger partial charge in [-0.2, -0.15) is 0 Å². The maximum Gasteiger partial charge on any atom is 0.277 e. The van der Waals surface area contributed by atoms with Crippen molar-refractivity contribution in [2.24, 2.45) is 0 Å². The van der Waals surface area contributed by atoms with Crippen molar-refractivity contribution < 1.29 is 13.6 Å². The maximum absolute atomic E-state index is 12.1. The number of rotatable bonds is 6. The van der Waals surface area contributed by atoms with Gasteiger partial charge in [0.05, 0.1) is 18.1 Å². The molecule has 0 aliphatic carbocycles. The van der Waals surface area contributed by atoms with E-state index in [4.69, 9.17) is 8.83 Å². The standard InChI is InChI=1S/C20H23N3O3S/c1-13(16-6-5-11-25-16)21-17(24)12-27-19-23-22-18(26-19)14-7-9-15(10-8-14)20(2,3)4/h5-11,13H,12H2,1-4H3,(H,21,24)/t13-/m1/s1. The minimum absolute atomic E-state index is 0.0918. The molecule has 0 spiro atoms. The molecule has 0 saturated carbocycles. The Kier molecular flexibility index (Phi) is 5.70. The van der Waals surface area contributed by atoms with Gasteiger partial charge >= 0.3 is 0 Å². The molecule has 142 valence electrons. The number of hydrogen-bond acceptors (Lipinski definition) is 6. The lowest BCUT2D eigenvalue weighted by Gasteiger charge is -2.18. The van der Waals surface area contributed by atoms with Crippen molar-refractivity contribution in [1.82, 2.24) is 15.5 Å². The lowest BCUT2D eigenvalue weighted by atomic mass is 9.87. The molecule has 2 heterocycles. The molecule has 1 amide bonds. The second-order valence-electron chi connectivity index (χ2n) is 7.29. The van der Waals surface area contributed by atoms with Crippen molar-refractivity contribution in [3.63, 3.8) is 0 Å². The van der Waals surface area contributed by atoms with Gasteiger partial charge in [-0.1, -0.05) is 44.7 Å². The van der Waals surface area contributed by atoms with Gasteiger partial charge in [-0.3, -0.25) is 4.79 Å². The molecule has 27 heavy (non-hydrogen) atoms. The summed E-state index contributed by atoms with van der Waals surface area (Å²) in [5, 5.41) is 11.3. The Morgan fingerprint density at radius 2 is 1.93 bits per heavy atom. The summed E-state index contributed by atoms with van der Waals surface area (Å²) in [6, 6.07) is 11.5. The molecule has 1 atom stereocenters. The number of nitrogens with one attached hydrogen (secondary N) is 1. The number of carbonyl (C=O) groups is 1. The van der Waals surface area contributed by atoms with E-state index >= 15 is 0 Å². The first-order valence-electron chi connectivity index (χ1n) is 8.73. The average Bonchev–Trinajstić information content (AvgIpc) is 3.31. The SMILES string of the molecule is C[C@@H](NC(=O)CSc1nnc(-c2ccc(C(C)(C)C)cc2)o1)c1ccco1. The number of thioether (sulfide) groups is 1. The van der Waals surface area contributed by atoms with E-state index in [1.165, 1.54) is 17.3 Å². The first kappa shape index (κ1) is 19.2. The number of furan rings is 1. The van der Waals surface area contributed by atoms with E-state index in [0.29, 0.717) is 16.9 Å². The molecule has 7 heteroatoms. The van der Waals surface area contributed by atoms with Crippen molar-refractivity contribution in [2.75, 3.05) is 5.75 Å². The molecule has 0 unspecified atom stereocenters. The zero-order valence-corrected chi connectivity index (χ0v) is 16.7. The van der Waals surface area contributed by atoms with E-state index in [1.807, 2.05) is 25.1 Å². The molecule has 0 aliphatic rings. The van der Waals surface area contributed by atoms with Crippen molar-refractivity contribution in [3.8, 4) is 11.5 Å². The fourth-order valence-corrected chi connectivity index (χ4v) is 3.09. The van der Waals surface area contributed by atoms with Crippen LogP contribution in [0.2, 0.25) is 0 Å². The summed E-state index contributed by atoms with van der Waals surface area (Å²) in [5.74, 6) is 1.22. The molecule has 0 bridgehead atoms. The second kappa shape index (κ2) is 8.00. The number of hydrogen-bond donors (Lipinski definition) is 1. The fraction of sp³-hybridized carbons (Fsp3) is 0.350. The summed E-state index contributed by atoms with van der Waals surface area (Å²) in [5.41, 5.74) is 2.19. The summed E-state index contributed by atoms with van der Waals surface area (Å²) < 4.78 is 10.9. The van der Waals surface area contributed by atoms with E-state index in [0.717, 1.165) is 5.56 Å². The minimum atomic E-state index is -0.187. The third kappa shape index (κ3) is 5.01. The molecule has 0 fully saturated rings. The highest BCUT2D eigenvalue weighted by molar-refractivity contribution is 7.99. The smallest absolute Gasteiger partial charge is 0.277 e. The van der Waals surface area contributed by atoms with Gasteiger partial charge in [0.2, 0.25) is 11.8 Å². The Hall–Kier alpha value is -2.54. The lowest BCUT2D eigenvalue weighted by Crippen LogP contribution is -2.27. The molecule has 0 aliphatic heterocycles. The lowest BCUT2D eigenvalue weighted by molar-refractivity contribution is -0.119. The van der Waals surface area contributed by atoms with Crippen LogP contribution in [0.25, 0.3) is 11.5 Å². The van der Waals surface area contributed by atoms with Gasteiger partial charge in [0, 0.05) is 5.56 Å². The van der Waals surface area contributed by atoms with Crippen LogP contribution in [0.5, 0.6) is 0 Å². The van der Waals surface area contributed by atoms with Gasteiger partial charge in [-0.05, 0) is 42.2 Å². The summed E-state index contributed by atoms with van der Waals surface area (Å²) in [6.45, 7) is 8.37. The first-order valence-corrected chi connectivity index (χ1v) is 9.71. The van der Waals surface area contributed by atoms with Gasteiger partial charge < -0.3 is 14.2 Å². The first-order chi connectivity index (χ1) is 12.8. The Morgan fingerprint density at radius 3 is 2.56 bits per heavy atom. The van der Waals surface area contributed by atoms with Crippen LogP contribution in [-0.2, 0) is 10.2 Å². The van der Waals surface area contributed by atoms with E-state index in [9.17, 15) is 4.79 Å². The Bertz CT molecular complexity index is 880. The summed E-state index contributed by atoms with van der Waals surface area (Å²) in [6.07, 6.45) is 1.58. The molecule has 1 aromatic carbocycles. The molecule has 3 rings (SSSR count). The zero-order chi connectivity index (χ0) is 19.4. The van der Waals surface area contributed by atoms with Crippen LogP contribution >= 0.6 is 11.8 Å². The highest BCUT2D eigenvalue weighted by atomic mass is 32.2. The highest BCUT2D eigenvalue weighted by Crippen LogP contribution is 2.27.